The zero-order valence-electron chi connectivity index (χ0n) is 10.3. The van der Waals surface area contributed by atoms with Crippen LogP contribution in [0.1, 0.15) is 23.7 Å². The van der Waals surface area contributed by atoms with Crippen LogP contribution in [0, 0.1) is 5.92 Å². The van der Waals surface area contributed by atoms with Crippen LogP contribution in [0.3, 0.4) is 0 Å². The minimum atomic E-state index is -0.312. The standard InChI is InChI=1S/C12H18N4O2/c1-8-7-16(5-3-10(8)17)12(18)9-2-4-14-11(6-9)15-13/h2,4,6,8,10,17H,3,5,7,13H2,1H3,(H,14,15). The number of hydrazine groups is 1. The number of hydrogen-bond acceptors (Lipinski definition) is 5. The number of carbonyl (C=O) groups excluding carboxylic acids is 1. The third kappa shape index (κ3) is 2.60. The zero-order valence-corrected chi connectivity index (χ0v) is 10.3. The number of nitrogens with one attached hydrogen (secondary N) is 1. The molecule has 1 aromatic heterocycles. The second-order valence-corrected chi connectivity index (χ2v) is 4.66. The molecular weight excluding hydrogens is 232 g/mol. The van der Waals surface area contributed by atoms with Crippen LogP contribution in [0.25, 0.3) is 0 Å². The summed E-state index contributed by atoms with van der Waals surface area (Å²) in [5.41, 5.74) is 2.98. The number of aromatic nitrogens is 1. The van der Waals surface area contributed by atoms with Gasteiger partial charge in [0.05, 0.1) is 6.10 Å². The molecule has 0 bridgehead atoms. The van der Waals surface area contributed by atoms with E-state index in [1.807, 2.05) is 6.92 Å². The Morgan fingerprint density at radius 3 is 3.11 bits per heavy atom. The molecule has 2 heterocycles. The van der Waals surface area contributed by atoms with Crippen LogP contribution in [-0.4, -0.2) is 40.1 Å². The summed E-state index contributed by atoms with van der Waals surface area (Å²) in [6.45, 7) is 3.11. The molecule has 1 aliphatic heterocycles. The largest absolute Gasteiger partial charge is 0.393 e. The molecule has 0 radical (unpaired) electrons. The Hall–Kier alpha value is -1.66. The van der Waals surface area contributed by atoms with Gasteiger partial charge in [-0.05, 0) is 24.5 Å². The maximum atomic E-state index is 12.3. The number of rotatable bonds is 2. The quantitative estimate of drug-likeness (QED) is 0.515. The van der Waals surface area contributed by atoms with Crippen molar-refractivity contribution >= 4 is 11.7 Å². The van der Waals surface area contributed by atoms with Crippen LogP contribution in [0.15, 0.2) is 18.3 Å². The van der Waals surface area contributed by atoms with Crippen molar-refractivity contribution in [1.82, 2.24) is 9.88 Å². The van der Waals surface area contributed by atoms with Gasteiger partial charge in [-0.15, -0.1) is 0 Å². The fourth-order valence-corrected chi connectivity index (χ4v) is 2.14. The highest BCUT2D eigenvalue weighted by molar-refractivity contribution is 5.94. The lowest BCUT2D eigenvalue weighted by Gasteiger charge is -2.34. The van der Waals surface area contributed by atoms with Gasteiger partial charge in [-0.25, -0.2) is 10.8 Å². The highest BCUT2D eigenvalue weighted by Gasteiger charge is 2.27. The summed E-state index contributed by atoms with van der Waals surface area (Å²) in [4.78, 5) is 18.0. The van der Waals surface area contributed by atoms with Gasteiger partial charge < -0.3 is 15.4 Å². The third-order valence-electron chi connectivity index (χ3n) is 3.30. The first-order valence-corrected chi connectivity index (χ1v) is 6.02. The molecule has 2 unspecified atom stereocenters. The summed E-state index contributed by atoms with van der Waals surface area (Å²) in [6.07, 6.45) is 1.86. The fraction of sp³-hybridized carbons (Fsp3) is 0.500. The lowest BCUT2D eigenvalue weighted by molar-refractivity contribution is 0.0297. The third-order valence-corrected chi connectivity index (χ3v) is 3.30. The molecule has 6 nitrogen and oxygen atoms in total. The Bertz CT molecular complexity index is 438. The minimum absolute atomic E-state index is 0.0485. The van der Waals surface area contributed by atoms with Crippen LogP contribution in [-0.2, 0) is 0 Å². The van der Waals surface area contributed by atoms with Crippen molar-refractivity contribution in [1.29, 1.82) is 0 Å². The second-order valence-electron chi connectivity index (χ2n) is 4.66. The number of pyridine rings is 1. The molecule has 1 fully saturated rings. The Morgan fingerprint density at radius 1 is 1.67 bits per heavy atom. The van der Waals surface area contributed by atoms with E-state index in [2.05, 4.69) is 10.4 Å². The summed E-state index contributed by atoms with van der Waals surface area (Å²) in [7, 11) is 0. The number of nitrogens with zero attached hydrogens (tertiary/aromatic N) is 2. The van der Waals surface area contributed by atoms with Gasteiger partial charge >= 0.3 is 0 Å². The van der Waals surface area contributed by atoms with Gasteiger partial charge in [0.2, 0.25) is 0 Å². The molecule has 0 saturated carbocycles. The van der Waals surface area contributed by atoms with E-state index in [-0.39, 0.29) is 17.9 Å². The number of aliphatic hydroxyl groups is 1. The molecule has 0 spiro atoms. The molecular formula is C12H18N4O2. The molecule has 18 heavy (non-hydrogen) atoms. The molecule has 1 aliphatic rings. The summed E-state index contributed by atoms with van der Waals surface area (Å²) < 4.78 is 0. The number of nitrogen functional groups attached to an aromatic ring is 1. The number of nitrogens with two attached hydrogens (primary N) is 1. The fourth-order valence-electron chi connectivity index (χ4n) is 2.14. The minimum Gasteiger partial charge on any atom is -0.393 e. The first-order chi connectivity index (χ1) is 8.61. The molecule has 1 saturated heterocycles. The van der Waals surface area contributed by atoms with E-state index >= 15 is 0 Å². The zero-order chi connectivity index (χ0) is 13.1. The van der Waals surface area contributed by atoms with Gasteiger partial charge in [-0.1, -0.05) is 6.92 Å². The van der Waals surface area contributed by atoms with Crippen LogP contribution in [0.5, 0.6) is 0 Å². The van der Waals surface area contributed by atoms with Crippen LogP contribution in [0.2, 0.25) is 0 Å². The Kier molecular flexibility index (Phi) is 3.78. The normalized spacial score (nSPS) is 23.8. The number of amides is 1. The molecule has 1 amide bonds. The maximum Gasteiger partial charge on any atom is 0.254 e. The predicted molar refractivity (Wildman–Crippen MR) is 67.7 cm³/mol. The summed E-state index contributed by atoms with van der Waals surface area (Å²) >= 11 is 0. The van der Waals surface area contributed by atoms with Gasteiger partial charge in [0.1, 0.15) is 5.82 Å². The van der Waals surface area contributed by atoms with Gasteiger partial charge in [0.15, 0.2) is 0 Å². The van der Waals surface area contributed by atoms with Gasteiger partial charge in [0, 0.05) is 24.8 Å². The molecule has 0 aliphatic carbocycles. The van der Waals surface area contributed by atoms with Crippen LogP contribution < -0.4 is 11.3 Å². The van der Waals surface area contributed by atoms with E-state index in [4.69, 9.17) is 5.84 Å². The van der Waals surface area contributed by atoms with Crippen molar-refractivity contribution in [2.45, 2.75) is 19.4 Å². The number of likely N-dealkylation sites (tertiary alicyclic amines) is 1. The molecule has 6 heteroatoms. The van der Waals surface area contributed by atoms with E-state index < -0.39 is 0 Å². The van der Waals surface area contributed by atoms with E-state index in [0.29, 0.717) is 30.9 Å². The Labute approximate surface area is 106 Å². The SMILES string of the molecule is CC1CN(C(=O)c2ccnc(NN)c2)CCC1O. The Morgan fingerprint density at radius 2 is 2.44 bits per heavy atom. The van der Waals surface area contributed by atoms with Crippen molar-refractivity contribution in [2.24, 2.45) is 11.8 Å². The summed E-state index contributed by atoms with van der Waals surface area (Å²) in [5, 5.41) is 9.66. The van der Waals surface area contributed by atoms with Crippen molar-refractivity contribution in [2.75, 3.05) is 18.5 Å². The molecule has 98 valence electrons. The molecule has 2 rings (SSSR count). The van der Waals surface area contributed by atoms with Crippen molar-refractivity contribution in [3.63, 3.8) is 0 Å². The van der Waals surface area contributed by atoms with Crippen molar-refractivity contribution < 1.29 is 9.90 Å². The van der Waals surface area contributed by atoms with Gasteiger partial charge in [-0.2, -0.15) is 0 Å². The number of aliphatic hydroxyl groups excluding tert-OH is 1. The first-order valence-electron chi connectivity index (χ1n) is 6.02. The average Bonchev–Trinajstić information content (AvgIpc) is 2.41. The topological polar surface area (TPSA) is 91.5 Å². The number of hydrogen-bond donors (Lipinski definition) is 3. The summed E-state index contributed by atoms with van der Waals surface area (Å²) in [6, 6.07) is 3.29. The molecule has 1 aromatic rings. The highest BCUT2D eigenvalue weighted by atomic mass is 16.3. The smallest absolute Gasteiger partial charge is 0.254 e. The van der Waals surface area contributed by atoms with E-state index in [1.165, 1.54) is 0 Å². The van der Waals surface area contributed by atoms with Gasteiger partial charge in [0.25, 0.3) is 5.91 Å². The van der Waals surface area contributed by atoms with E-state index in [0.717, 1.165) is 0 Å². The van der Waals surface area contributed by atoms with E-state index in [9.17, 15) is 9.90 Å². The number of piperidine rings is 1. The van der Waals surface area contributed by atoms with Crippen LogP contribution >= 0.6 is 0 Å². The number of anilines is 1. The summed E-state index contributed by atoms with van der Waals surface area (Å²) in [5.74, 6) is 5.79. The number of carbonyl (C=O) groups is 1. The lowest BCUT2D eigenvalue weighted by atomic mass is 9.96. The highest BCUT2D eigenvalue weighted by Crippen LogP contribution is 2.19. The first kappa shape index (κ1) is 12.8. The lowest BCUT2D eigenvalue weighted by Crippen LogP contribution is -2.45. The van der Waals surface area contributed by atoms with Crippen molar-refractivity contribution in [3.8, 4) is 0 Å². The molecule has 4 N–H and O–H groups in total. The average molecular weight is 250 g/mol. The maximum absolute atomic E-state index is 12.3. The van der Waals surface area contributed by atoms with Gasteiger partial charge in [-0.3, -0.25) is 4.79 Å². The van der Waals surface area contributed by atoms with E-state index in [1.54, 1.807) is 23.2 Å². The van der Waals surface area contributed by atoms with Crippen molar-refractivity contribution in [3.05, 3.63) is 23.9 Å². The molecule has 2 atom stereocenters. The second kappa shape index (κ2) is 5.32. The Balaban J connectivity index is 2.11. The predicted octanol–water partition coefficient (Wildman–Crippen LogP) is 0.210. The monoisotopic (exact) mass is 250 g/mol. The van der Waals surface area contributed by atoms with Crippen LogP contribution in [0.4, 0.5) is 5.82 Å². The molecule has 0 aromatic carbocycles.